The summed E-state index contributed by atoms with van der Waals surface area (Å²) in [7, 11) is 0. The predicted molar refractivity (Wildman–Crippen MR) is 70.2 cm³/mol. The Labute approximate surface area is 110 Å². The van der Waals surface area contributed by atoms with Crippen LogP contribution in [-0.2, 0) is 0 Å². The van der Waals surface area contributed by atoms with Crippen molar-refractivity contribution in [3.05, 3.63) is 52.8 Å². The van der Waals surface area contributed by atoms with Crippen molar-refractivity contribution < 1.29 is 4.39 Å². The van der Waals surface area contributed by atoms with Gasteiger partial charge in [0.1, 0.15) is 5.82 Å². The minimum absolute atomic E-state index is 0.0771. The Balaban J connectivity index is 2.18. The first-order chi connectivity index (χ1) is 8.56. The molecule has 0 saturated carbocycles. The van der Waals surface area contributed by atoms with Crippen molar-refractivity contribution in [2.45, 2.75) is 19.9 Å². The molecule has 0 aliphatic rings. The van der Waals surface area contributed by atoms with Crippen LogP contribution in [0.5, 0.6) is 0 Å². The molecular weight excluding hydrogens is 253 g/mol. The van der Waals surface area contributed by atoms with E-state index in [1.54, 1.807) is 12.3 Å². The first-order valence-corrected chi connectivity index (χ1v) is 5.94. The van der Waals surface area contributed by atoms with Gasteiger partial charge in [-0.1, -0.05) is 11.6 Å². The van der Waals surface area contributed by atoms with Gasteiger partial charge in [0.05, 0.1) is 23.6 Å². The van der Waals surface area contributed by atoms with Gasteiger partial charge in [-0.05, 0) is 37.6 Å². The molecule has 0 aliphatic heterocycles. The number of aromatic nitrogens is 2. The van der Waals surface area contributed by atoms with Crippen LogP contribution in [0.1, 0.15) is 24.2 Å². The van der Waals surface area contributed by atoms with Gasteiger partial charge >= 0.3 is 0 Å². The van der Waals surface area contributed by atoms with Crippen LogP contribution in [0.15, 0.2) is 30.6 Å². The third-order valence-electron chi connectivity index (χ3n) is 2.54. The van der Waals surface area contributed by atoms with Crippen LogP contribution in [-0.4, -0.2) is 9.97 Å². The van der Waals surface area contributed by atoms with Crippen LogP contribution in [0.3, 0.4) is 0 Å². The topological polar surface area (TPSA) is 37.8 Å². The molecule has 1 atom stereocenters. The van der Waals surface area contributed by atoms with Crippen LogP contribution in [0.25, 0.3) is 0 Å². The number of hydrogen-bond acceptors (Lipinski definition) is 3. The fourth-order valence-electron chi connectivity index (χ4n) is 1.60. The van der Waals surface area contributed by atoms with E-state index in [9.17, 15) is 4.39 Å². The van der Waals surface area contributed by atoms with Crippen LogP contribution < -0.4 is 5.32 Å². The molecule has 0 spiro atoms. The summed E-state index contributed by atoms with van der Waals surface area (Å²) in [6, 6.07) is 4.86. The fraction of sp³-hybridized carbons (Fsp3) is 0.231. The summed E-state index contributed by atoms with van der Waals surface area (Å²) in [4.78, 5) is 8.09. The van der Waals surface area contributed by atoms with Crippen LogP contribution >= 0.6 is 11.6 Å². The first-order valence-electron chi connectivity index (χ1n) is 5.56. The molecule has 2 heterocycles. The van der Waals surface area contributed by atoms with Crippen molar-refractivity contribution in [1.82, 2.24) is 9.97 Å². The van der Waals surface area contributed by atoms with Crippen LogP contribution in [0.2, 0.25) is 5.15 Å². The smallest absolute Gasteiger partial charge is 0.152 e. The molecule has 2 aromatic heterocycles. The van der Waals surface area contributed by atoms with E-state index in [2.05, 4.69) is 15.3 Å². The summed E-state index contributed by atoms with van der Waals surface area (Å²) in [5, 5.41) is 3.62. The van der Waals surface area contributed by atoms with E-state index >= 15 is 0 Å². The number of rotatable bonds is 3. The van der Waals surface area contributed by atoms with Gasteiger partial charge < -0.3 is 5.32 Å². The molecule has 94 valence electrons. The van der Waals surface area contributed by atoms with Crippen molar-refractivity contribution in [2.75, 3.05) is 5.32 Å². The highest BCUT2D eigenvalue weighted by Crippen LogP contribution is 2.24. The molecule has 18 heavy (non-hydrogen) atoms. The maximum Gasteiger partial charge on any atom is 0.152 e. The average molecular weight is 266 g/mol. The second-order valence-electron chi connectivity index (χ2n) is 4.12. The van der Waals surface area contributed by atoms with Crippen LogP contribution in [0.4, 0.5) is 10.1 Å². The lowest BCUT2D eigenvalue weighted by molar-refractivity contribution is 0.617. The minimum atomic E-state index is -0.346. The SMILES string of the molecule is Cc1cnc(Cl)c(NC(C)c2ccc(F)cn2)c1. The fourth-order valence-corrected chi connectivity index (χ4v) is 1.76. The van der Waals surface area contributed by atoms with Gasteiger partial charge in [0.15, 0.2) is 5.15 Å². The van der Waals surface area contributed by atoms with Gasteiger partial charge in [-0.15, -0.1) is 0 Å². The minimum Gasteiger partial charge on any atom is -0.374 e. The molecule has 2 rings (SSSR count). The number of hydrogen-bond donors (Lipinski definition) is 1. The lowest BCUT2D eigenvalue weighted by atomic mass is 10.2. The summed E-state index contributed by atoms with van der Waals surface area (Å²) in [5.74, 6) is -0.346. The third kappa shape index (κ3) is 2.96. The van der Waals surface area contributed by atoms with E-state index in [0.717, 1.165) is 16.9 Å². The van der Waals surface area contributed by atoms with Crippen molar-refractivity contribution in [1.29, 1.82) is 0 Å². The highest BCUT2D eigenvalue weighted by Gasteiger charge is 2.09. The largest absolute Gasteiger partial charge is 0.374 e. The van der Waals surface area contributed by atoms with E-state index in [1.165, 1.54) is 12.3 Å². The summed E-state index contributed by atoms with van der Waals surface area (Å²) >= 11 is 6.00. The Hall–Kier alpha value is -1.68. The number of anilines is 1. The van der Waals surface area contributed by atoms with Gasteiger partial charge in [0.2, 0.25) is 0 Å². The van der Waals surface area contributed by atoms with Crippen molar-refractivity contribution in [3.63, 3.8) is 0 Å². The Morgan fingerprint density at radius 3 is 2.72 bits per heavy atom. The maximum atomic E-state index is 12.8. The first kappa shape index (κ1) is 12.8. The number of halogens is 2. The molecule has 5 heteroatoms. The summed E-state index contributed by atoms with van der Waals surface area (Å²) in [5.41, 5.74) is 2.51. The molecule has 0 fully saturated rings. The van der Waals surface area contributed by atoms with Gasteiger partial charge in [-0.25, -0.2) is 9.37 Å². The zero-order valence-electron chi connectivity index (χ0n) is 10.1. The molecule has 2 aromatic rings. The monoisotopic (exact) mass is 265 g/mol. The molecule has 1 unspecified atom stereocenters. The zero-order valence-corrected chi connectivity index (χ0v) is 10.9. The van der Waals surface area contributed by atoms with Gasteiger partial charge in [-0.3, -0.25) is 4.98 Å². The number of aryl methyl sites for hydroxylation is 1. The average Bonchev–Trinajstić information content (AvgIpc) is 2.34. The summed E-state index contributed by atoms with van der Waals surface area (Å²) < 4.78 is 12.8. The molecule has 1 N–H and O–H groups in total. The lowest BCUT2D eigenvalue weighted by Gasteiger charge is -2.15. The molecule has 0 radical (unpaired) electrons. The van der Waals surface area contributed by atoms with Gasteiger partial charge in [0, 0.05) is 6.20 Å². The predicted octanol–water partition coefficient (Wildman–Crippen LogP) is 3.75. The Morgan fingerprint density at radius 2 is 2.06 bits per heavy atom. The third-order valence-corrected chi connectivity index (χ3v) is 2.84. The molecule has 3 nitrogen and oxygen atoms in total. The summed E-state index contributed by atoms with van der Waals surface area (Å²) in [6.45, 7) is 3.87. The Morgan fingerprint density at radius 1 is 1.28 bits per heavy atom. The van der Waals surface area contributed by atoms with E-state index in [-0.39, 0.29) is 11.9 Å². The Kier molecular flexibility index (Phi) is 3.77. The molecule has 0 bridgehead atoms. The van der Waals surface area contributed by atoms with Gasteiger partial charge in [0.25, 0.3) is 0 Å². The number of nitrogens with zero attached hydrogens (tertiary/aromatic N) is 2. The van der Waals surface area contributed by atoms with E-state index in [4.69, 9.17) is 11.6 Å². The standard InChI is InChI=1S/C13H13ClFN3/c1-8-5-12(13(14)17-6-8)18-9(2)11-4-3-10(15)7-16-11/h3-7,9,18H,1-2H3. The number of nitrogens with one attached hydrogen (secondary N) is 1. The molecule has 0 amide bonds. The van der Waals surface area contributed by atoms with E-state index in [0.29, 0.717) is 5.15 Å². The Bertz CT molecular complexity index is 542. The second kappa shape index (κ2) is 5.31. The van der Waals surface area contributed by atoms with Gasteiger partial charge in [-0.2, -0.15) is 0 Å². The number of pyridine rings is 2. The summed E-state index contributed by atoms with van der Waals surface area (Å²) in [6.07, 6.45) is 2.90. The van der Waals surface area contributed by atoms with Crippen molar-refractivity contribution in [3.8, 4) is 0 Å². The highest BCUT2D eigenvalue weighted by molar-refractivity contribution is 6.31. The maximum absolute atomic E-state index is 12.8. The van der Waals surface area contributed by atoms with E-state index in [1.807, 2.05) is 19.9 Å². The quantitative estimate of drug-likeness (QED) is 0.859. The molecular formula is C13H13ClFN3. The molecule has 0 aromatic carbocycles. The van der Waals surface area contributed by atoms with Crippen molar-refractivity contribution >= 4 is 17.3 Å². The second-order valence-corrected chi connectivity index (χ2v) is 4.48. The van der Waals surface area contributed by atoms with Crippen molar-refractivity contribution in [2.24, 2.45) is 0 Å². The lowest BCUT2D eigenvalue weighted by Crippen LogP contribution is -2.09. The normalized spacial score (nSPS) is 12.2. The molecule has 0 saturated heterocycles. The zero-order chi connectivity index (χ0) is 13.1. The van der Waals surface area contributed by atoms with E-state index < -0.39 is 0 Å². The van der Waals surface area contributed by atoms with Crippen LogP contribution in [0, 0.1) is 12.7 Å². The molecule has 0 aliphatic carbocycles. The highest BCUT2D eigenvalue weighted by atomic mass is 35.5.